The maximum absolute atomic E-state index is 13.2. The quantitative estimate of drug-likeness (QED) is 0.402. The van der Waals surface area contributed by atoms with Crippen molar-refractivity contribution in [3.05, 3.63) is 48.5 Å². The molecule has 0 aliphatic heterocycles. The fourth-order valence-corrected chi connectivity index (χ4v) is 5.68. The molecule has 3 heterocycles. The van der Waals surface area contributed by atoms with Gasteiger partial charge in [0, 0.05) is 49.1 Å². The minimum absolute atomic E-state index is 0.0328. The number of aliphatic hydroxyl groups is 1. The van der Waals surface area contributed by atoms with Gasteiger partial charge in [-0.1, -0.05) is 0 Å². The van der Waals surface area contributed by atoms with Crippen LogP contribution in [0.1, 0.15) is 54.9 Å². The molecule has 11 heteroatoms. The summed E-state index contributed by atoms with van der Waals surface area (Å²) in [6, 6.07) is 5.80. The summed E-state index contributed by atoms with van der Waals surface area (Å²) >= 11 is 0. The largest absolute Gasteiger partial charge is 0.496 e. The predicted octanol–water partition coefficient (Wildman–Crippen LogP) is 3.05. The Labute approximate surface area is 219 Å². The number of nitrogens with zero attached hydrogens (tertiary/aromatic N) is 6. The van der Waals surface area contributed by atoms with Crippen LogP contribution < -0.4 is 10.1 Å². The molecule has 3 aromatic heterocycles. The molecule has 0 spiro atoms. The number of methoxy groups -OCH3 is 1. The first-order valence-electron chi connectivity index (χ1n) is 13.0. The van der Waals surface area contributed by atoms with Gasteiger partial charge in [0.15, 0.2) is 5.65 Å². The van der Waals surface area contributed by atoms with E-state index in [0.29, 0.717) is 35.5 Å². The average Bonchev–Trinajstić information content (AvgIpc) is 3.53. The first kappa shape index (κ1) is 24.4. The summed E-state index contributed by atoms with van der Waals surface area (Å²) in [6.07, 6.45) is 11.4. The van der Waals surface area contributed by atoms with E-state index in [1.807, 2.05) is 22.8 Å². The molecule has 0 saturated heterocycles. The molecule has 1 aromatic carbocycles. The third kappa shape index (κ3) is 4.36. The van der Waals surface area contributed by atoms with Gasteiger partial charge in [-0.25, -0.2) is 9.50 Å². The van der Waals surface area contributed by atoms with Crippen LogP contribution in [0.2, 0.25) is 0 Å². The summed E-state index contributed by atoms with van der Waals surface area (Å²) in [5, 5.41) is 22.3. The maximum atomic E-state index is 13.2. The zero-order chi connectivity index (χ0) is 26.4. The van der Waals surface area contributed by atoms with E-state index in [1.54, 1.807) is 41.3 Å². The van der Waals surface area contributed by atoms with E-state index in [4.69, 9.17) is 9.84 Å². The number of rotatable bonds is 6. The van der Waals surface area contributed by atoms with Crippen LogP contribution in [0.3, 0.4) is 0 Å². The van der Waals surface area contributed by atoms with Crippen LogP contribution in [0.25, 0.3) is 16.6 Å². The van der Waals surface area contributed by atoms with Crippen LogP contribution in [0.4, 0.5) is 5.69 Å². The van der Waals surface area contributed by atoms with Crippen molar-refractivity contribution >= 4 is 34.1 Å². The molecule has 11 nitrogen and oxygen atoms in total. The fourth-order valence-electron chi connectivity index (χ4n) is 5.68. The lowest BCUT2D eigenvalue weighted by Gasteiger charge is -2.39. The Morgan fingerprint density at radius 3 is 2.71 bits per heavy atom. The molecule has 2 fully saturated rings. The Morgan fingerprint density at radius 1 is 1.18 bits per heavy atom. The molecule has 198 valence electrons. The van der Waals surface area contributed by atoms with Crippen LogP contribution in [-0.2, 0) is 4.79 Å². The smallest absolute Gasteiger partial charge is 0.259 e. The number of carbonyl (C=O) groups excluding carboxylic acids is 2. The number of hydrogen-bond donors (Lipinski definition) is 2. The van der Waals surface area contributed by atoms with Crippen molar-refractivity contribution in [3.8, 4) is 5.75 Å². The molecule has 2 aliphatic rings. The number of aromatic nitrogens is 5. The summed E-state index contributed by atoms with van der Waals surface area (Å²) < 4.78 is 9.12. The Balaban J connectivity index is 1.16. The highest BCUT2D eigenvalue weighted by Crippen LogP contribution is 2.35. The van der Waals surface area contributed by atoms with Crippen LogP contribution in [0.5, 0.6) is 5.75 Å². The van der Waals surface area contributed by atoms with E-state index < -0.39 is 0 Å². The van der Waals surface area contributed by atoms with Crippen molar-refractivity contribution in [1.82, 2.24) is 29.3 Å². The van der Waals surface area contributed by atoms with Gasteiger partial charge < -0.3 is 20.1 Å². The van der Waals surface area contributed by atoms with Crippen molar-refractivity contribution in [3.63, 3.8) is 0 Å². The predicted molar refractivity (Wildman–Crippen MR) is 140 cm³/mol. The van der Waals surface area contributed by atoms with Crippen molar-refractivity contribution < 1.29 is 19.4 Å². The van der Waals surface area contributed by atoms with Crippen LogP contribution in [0, 0.1) is 5.92 Å². The highest BCUT2D eigenvalue weighted by atomic mass is 16.5. The number of amides is 2. The SMILES string of the molecule is COc1cc2nn([C@H]3CC[C@H](N(C)C(=O)[C@H]4C[C@H](O)C4)CC3)cc2cc1C(=O)Nc1cnn2cccnc12. The molecule has 0 bridgehead atoms. The standard InChI is InChI=1S/C27H31N7O4/c1-32(27(37)16-10-20(35)11-16)18-4-6-19(7-5-18)34-15-17-12-21(24(38-2)13-22(17)31-34)26(36)30-23-14-29-33-9-3-8-28-25(23)33/h3,8-9,12-16,18-20,35H,4-7,10-11H2,1-2H3,(H,30,36)/t16-,18-,19-,20-. The number of ether oxygens (including phenoxy) is 1. The first-order chi connectivity index (χ1) is 18.4. The number of benzene rings is 1. The van der Waals surface area contributed by atoms with Gasteiger partial charge in [0.25, 0.3) is 5.91 Å². The van der Waals surface area contributed by atoms with Crippen LogP contribution in [0.15, 0.2) is 43.0 Å². The Kier molecular flexibility index (Phi) is 6.22. The zero-order valence-electron chi connectivity index (χ0n) is 21.4. The molecule has 2 amide bonds. The topological polar surface area (TPSA) is 127 Å². The normalized spacial score (nSPS) is 23.2. The molecule has 2 saturated carbocycles. The third-order valence-corrected chi connectivity index (χ3v) is 8.01. The van der Waals surface area contributed by atoms with Gasteiger partial charge in [-0.05, 0) is 50.7 Å². The van der Waals surface area contributed by atoms with Crippen molar-refractivity contribution in [2.45, 2.75) is 56.7 Å². The van der Waals surface area contributed by atoms with E-state index in [-0.39, 0.29) is 35.9 Å². The summed E-state index contributed by atoms with van der Waals surface area (Å²) in [5.74, 6) is 0.245. The van der Waals surface area contributed by atoms with Gasteiger partial charge in [0.1, 0.15) is 11.4 Å². The molecule has 0 radical (unpaired) electrons. The molecule has 4 aromatic rings. The molecule has 0 unspecified atom stereocenters. The highest BCUT2D eigenvalue weighted by Gasteiger charge is 2.37. The fraction of sp³-hybridized carbons (Fsp3) is 0.444. The lowest BCUT2D eigenvalue weighted by atomic mass is 9.80. The number of anilines is 1. The second-order valence-corrected chi connectivity index (χ2v) is 10.4. The Hall–Kier alpha value is -3.99. The zero-order valence-corrected chi connectivity index (χ0v) is 21.4. The van der Waals surface area contributed by atoms with E-state index in [1.165, 1.54) is 7.11 Å². The van der Waals surface area contributed by atoms with Crippen molar-refractivity contribution in [2.24, 2.45) is 5.92 Å². The second-order valence-electron chi connectivity index (χ2n) is 10.4. The Morgan fingerprint density at radius 2 is 1.97 bits per heavy atom. The van der Waals surface area contributed by atoms with Gasteiger partial charge in [-0.2, -0.15) is 10.2 Å². The Bertz CT molecular complexity index is 1500. The summed E-state index contributed by atoms with van der Waals surface area (Å²) in [6.45, 7) is 0. The molecule has 38 heavy (non-hydrogen) atoms. The first-order valence-corrected chi connectivity index (χ1v) is 13.0. The van der Waals surface area contributed by atoms with Gasteiger partial charge in [0.05, 0.1) is 36.5 Å². The van der Waals surface area contributed by atoms with Gasteiger partial charge >= 0.3 is 0 Å². The average molecular weight is 518 g/mol. The molecule has 2 aliphatic carbocycles. The number of nitrogens with one attached hydrogen (secondary N) is 1. The van der Waals surface area contributed by atoms with Crippen molar-refractivity contribution in [2.75, 3.05) is 19.5 Å². The monoisotopic (exact) mass is 517 g/mol. The van der Waals surface area contributed by atoms with Gasteiger partial charge in [-0.15, -0.1) is 0 Å². The molecular weight excluding hydrogens is 486 g/mol. The van der Waals surface area contributed by atoms with Gasteiger partial charge in [-0.3, -0.25) is 14.3 Å². The highest BCUT2D eigenvalue weighted by molar-refractivity contribution is 6.09. The molecular formula is C27H31N7O4. The summed E-state index contributed by atoms with van der Waals surface area (Å²) in [5.41, 5.74) is 2.23. The third-order valence-electron chi connectivity index (χ3n) is 8.01. The second kappa shape index (κ2) is 9.71. The van der Waals surface area contributed by atoms with Crippen molar-refractivity contribution in [1.29, 1.82) is 0 Å². The van der Waals surface area contributed by atoms with E-state index >= 15 is 0 Å². The lowest BCUT2D eigenvalue weighted by Crippen LogP contribution is -2.47. The molecule has 0 atom stereocenters. The molecule has 2 N–H and O–H groups in total. The lowest BCUT2D eigenvalue weighted by molar-refractivity contribution is -0.143. The van der Waals surface area contributed by atoms with E-state index in [9.17, 15) is 14.7 Å². The maximum Gasteiger partial charge on any atom is 0.259 e. The number of aliphatic hydroxyl groups excluding tert-OH is 1. The summed E-state index contributed by atoms with van der Waals surface area (Å²) in [7, 11) is 3.43. The van der Waals surface area contributed by atoms with Crippen LogP contribution >= 0.6 is 0 Å². The van der Waals surface area contributed by atoms with E-state index in [2.05, 4.69) is 15.4 Å². The number of fused-ring (bicyclic) bond motifs is 2. The summed E-state index contributed by atoms with van der Waals surface area (Å²) in [4.78, 5) is 32.1. The van der Waals surface area contributed by atoms with Crippen LogP contribution in [-0.4, -0.2) is 72.5 Å². The number of carbonyl (C=O) groups is 2. The number of hydrogen-bond acceptors (Lipinski definition) is 7. The minimum atomic E-state index is -0.324. The molecule has 6 rings (SSSR count). The van der Waals surface area contributed by atoms with E-state index in [0.717, 1.165) is 36.6 Å². The minimum Gasteiger partial charge on any atom is -0.496 e. The van der Waals surface area contributed by atoms with Gasteiger partial charge in [0.2, 0.25) is 5.91 Å².